The van der Waals surface area contributed by atoms with Gasteiger partial charge < -0.3 is 10.3 Å². The van der Waals surface area contributed by atoms with Crippen LogP contribution in [0.5, 0.6) is 0 Å². The zero-order chi connectivity index (χ0) is 16.8. The Bertz CT molecular complexity index is 1140. The minimum absolute atomic E-state index is 0. The van der Waals surface area contributed by atoms with Gasteiger partial charge in [-0.3, -0.25) is 0 Å². The Hall–Kier alpha value is -1.70. The van der Waals surface area contributed by atoms with Crippen LogP contribution in [-0.4, -0.2) is 27.3 Å². The molecule has 26 heavy (non-hydrogen) atoms. The van der Waals surface area contributed by atoms with Gasteiger partial charge in [0, 0.05) is 62.1 Å². The molecule has 124 valence electrons. The Morgan fingerprint density at radius 2 is 1.46 bits per heavy atom. The van der Waals surface area contributed by atoms with E-state index in [0.29, 0.717) is 0 Å². The van der Waals surface area contributed by atoms with Gasteiger partial charge in [0.25, 0.3) is 0 Å². The van der Waals surface area contributed by atoms with Crippen LogP contribution in [0.2, 0.25) is 0 Å². The summed E-state index contributed by atoms with van der Waals surface area (Å²) in [5.74, 6) is 0. The summed E-state index contributed by atoms with van der Waals surface area (Å²) in [7, 11) is 0. The van der Waals surface area contributed by atoms with Gasteiger partial charge in [0.2, 0.25) is 0 Å². The van der Waals surface area contributed by atoms with Crippen LogP contribution < -0.4 is 16.0 Å². The van der Waals surface area contributed by atoms with Gasteiger partial charge in [0.05, 0.1) is 28.9 Å². The number of nitrogens with one attached hydrogen (secondary N) is 2. The Morgan fingerprint density at radius 1 is 0.808 bits per heavy atom. The zero-order valence-electron chi connectivity index (χ0n) is 13.7. The molecule has 0 aliphatic carbocycles. The molecular formula is C20H14N4NdS. The summed E-state index contributed by atoms with van der Waals surface area (Å²) in [6.45, 7) is 0. The fourth-order valence-electron chi connectivity index (χ4n) is 3.11. The number of rotatable bonds is 0. The SMILES string of the molecule is S=C1C=C2C=C3C=CC(=N3)C=c3ccc([nH]3)=CC3=NC(=CC1N2)C=C3.[Nd]. The number of aromatic nitrogens is 1. The number of nitrogens with zero attached hydrogens (tertiary/aromatic N) is 2. The molecule has 2 N–H and O–H groups in total. The maximum atomic E-state index is 5.49. The van der Waals surface area contributed by atoms with Gasteiger partial charge in [-0.15, -0.1) is 0 Å². The molecule has 0 aromatic carbocycles. The Kier molecular flexibility index (Phi) is 4.86. The largest absolute Gasteiger partial charge is 0.374 e. The first kappa shape index (κ1) is 17.7. The molecule has 5 heterocycles. The molecule has 4 aliphatic heterocycles. The smallest absolute Gasteiger partial charge is 0.0823 e. The van der Waals surface area contributed by atoms with E-state index in [-0.39, 0.29) is 46.9 Å². The maximum Gasteiger partial charge on any atom is 0.0823 e. The number of H-pyrrole nitrogens is 1. The molecule has 4 aliphatic rings. The van der Waals surface area contributed by atoms with Crippen molar-refractivity contribution < 1.29 is 40.8 Å². The van der Waals surface area contributed by atoms with Crippen LogP contribution in [0.15, 0.2) is 81.7 Å². The maximum absolute atomic E-state index is 5.49. The normalized spacial score (nSPS) is 22.2. The average molecular weight is 487 g/mol. The molecule has 1 aromatic rings. The molecule has 1 aromatic heterocycles. The minimum atomic E-state index is -0.0185. The van der Waals surface area contributed by atoms with E-state index in [1.807, 2.05) is 60.7 Å². The van der Waals surface area contributed by atoms with E-state index >= 15 is 0 Å². The van der Waals surface area contributed by atoms with Crippen molar-refractivity contribution in [1.82, 2.24) is 10.3 Å². The predicted octanol–water partition coefficient (Wildman–Crippen LogP) is 1.60. The van der Waals surface area contributed by atoms with Crippen molar-refractivity contribution in [1.29, 1.82) is 0 Å². The average Bonchev–Trinajstić information content (AvgIpc) is 3.33. The topological polar surface area (TPSA) is 52.5 Å². The van der Waals surface area contributed by atoms with Crippen molar-refractivity contribution in [3.63, 3.8) is 0 Å². The van der Waals surface area contributed by atoms with Gasteiger partial charge in [-0.25, -0.2) is 9.98 Å². The second-order valence-electron chi connectivity index (χ2n) is 6.18. The van der Waals surface area contributed by atoms with Crippen LogP contribution in [0.25, 0.3) is 12.2 Å². The van der Waals surface area contributed by atoms with E-state index in [1.165, 1.54) is 0 Å². The number of aliphatic imine (C=N–C) groups is 2. The van der Waals surface area contributed by atoms with Gasteiger partial charge in [-0.2, -0.15) is 0 Å². The predicted molar refractivity (Wildman–Crippen MR) is 106 cm³/mol. The van der Waals surface area contributed by atoms with E-state index in [1.54, 1.807) is 0 Å². The molecule has 6 heteroatoms. The van der Waals surface area contributed by atoms with Crippen LogP contribution in [0.4, 0.5) is 0 Å². The van der Waals surface area contributed by atoms with Crippen LogP contribution in [-0.2, 0) is 0 Å². The first-order chi connectivity index (χ1) is 12.2. The van der Waals surface area contributed by atoms with E-state index in [2.05, 4.69) is 26.4 Å². The van der Waals surface area contributed by atoms with E-state index in [4.69, 9.17) is 12.2 Å². The second kappa shape index (κ2) is 7.13. The van der Waals surface area contributed by atoms with E-state index < -0.39 is 0 Å². The fraction of sp³-hybridized carbons (Fsp3) is 0.0500. The third-order valence-electron chi connectivity index (χ3n) is 4.27. The van der Waals surface area contributed by atoms with Crippen molar-refractivity contribution in [3.05, 3.63) is 82.5 Å². The molecule has 4 nitrogen and oxygen atoms in total. The van der Waals surface area contributed by atoms with Crippen LogP contribution in [0.1, 0.15) is 0 Å². The third-order valence-corrected chi connectivity index (χ3v) is 4.64. The number of fused-ring (bicyclic) bond motifs is 6. The van der Waals surface area contributed by atoms with E-state index in [9.17, 15) is 0 Å². The summed E-state index contributed by atoms with van der Waals surface area (Å²) in [6.07, 6.45) is 18.2. The first-order valence-electron chi connectivity index (χ1n) is 8.09. The van der Waals surface area contributed by atoms with Gasteiger partial charge in [0.1, 0.15) is 0 Å². The summed E-state index contributed by atoms with van der Waals surface area (Å²) in [5, 5.41) is 5.45. The molecule has 0 fully saturated rings. The molecule has 0 amide bonds. The second-order valence-corrected chi connectivity index (χ2v) is 6.65. The van der Waals surface area contributed by atoms with Crippen LogP contribution in [0.3, 0.4) is 0 Å². The summed E-state index contributed by atoms with van der Waals surface area (Å²) < 4.78 is 0. The van der Waals surface area contributed by atoms with Crippen molar-refractivity contribution >= 4 is 40.7 Å². The molecule has 0 spiro atoms. The standard InChI is InChI=1S/C20H14N4S.Nd/c25-20-11-18-9-16-4-3-14(22-16)7-12-1-2-13(21-12)8-15-5-6-17(23-15)10-19(20)24-18;/h1-11,19,21,24H;. The summed E-state index contributed by atoms with van der Waals surface area (Å²) in [6, 6.07) is 4.07. The van der Waals surface area contributed by atoms with Crippen LogP contribution >= 0.6 is 12.2 Å². The summed E-state index contributed by atoms with van der Waals surface area (Å²) in [4.78, 5) is 13.5. The van der Waals surface area contributed by atoms with Crippen molar-refractivity contribution in [2.24, 2.45) is 9.98 Å². The van der Waals surface area contributed by atoms with Gasteiger partial charge >= 0.3 is 0 Å². The summed E-state index contributed by atoms with van der Waals surface area (Å²) in [5.41, 5.74) is 4.64. The quantitative estimate of drug-likeness (QED) is 0.548. The zero-order valence-corrected chi connectivity index (χ0v) is 17.8. The minimum Gasteiger partial charge on any atom is -0.374 e. The van der Waals surface area contributed by atoms with Gasteiger partial charge in [0.15, 0.2) is 0 Å². The monoisotopic (exact) mass is 484 g/mol. The van der Waals surface area contributed by atoms with Gasteiger partial charge in [-0.1, -0.05) is 12.2 Å². The number of hydrogen-bond donors (Lipinski definition) is 2. The number of allylic oxidation sites excluding steroid dienone is 5. The molecule has 0 saturated carbocycles. The Balaban J connectivity index is 0.00000168. The third kappa shape index (κ3) is 3.56. The molecule has 1 unspecified atom stereocenters. The van der Waals surface area contributed by atoms with Crippen molar-refractivity contribution in [3.8, 4) is 0 Å². The first-order valence-corrected chi connectivity index (χ1v) is 8.50. The Morgan fingerprint density at radius 3 is 2.19 bits per heavy atom. The number of hydrogen-bond acceptors (Lipinski definition) is 4. The molecule has 0 radical (unpaired) electrons. The summed E-state index contributed by atoms with van der Waals surface area (Å²) >= 11 is 5.49. The number of aromatic amines is 1. The van der Waals surface area contributed by atoms with E-state index in [0.717, 1.165) is 44.1 Å². The molecule has 0 saturated heterocycles. The number of thiocarbonyl (C=S) groups is 1. The molecule has 1 atom stereocenters. The van der Waals surface area contributed by atoms with Crippen molar-refractivity contribution in [2.45, 2.75) is 6.04 Å². The fourth-order valence-corrected chi connectivity index (χ4v) is 3.37. The molecular weight excluding hydrogens is 473 g/mol. The van der Waals surface area contributed by atoms with Crippen LogP contribution in [0, 0.1) is 40.8 Å². The molecule has 5 rings (SSSR count). The molecule has 8 bridgehead atoms. The Labute approximate surface area is 188 Å². The van der Waals surface area contributed by atoms with Crippen molar-refractivity contribution in [2.75, 3.05) is 0 Å². The van der Waals surface area contributed by atoms with Gasteiger partial charge in [-0.05, 0) is 66.8 Å².